The fraction of sp³-hybridized carbons (Fsp3) is 0.400. The van der Waals surface area contributed by atoms with Gasteiger partial charge in [-0.15, -0.1) is 10.2 Å². The molecule has 0 saturated carbocycles. The van der Waals surface area contributed by atoms with Gasteiger partial charge in [0.05, 0.1) is 12.2 Å². The van der Waals surface area contributed by atoms with E-state index >= 15 is 0 Å². The summed E-state index contributed by atoms with van der Waals surface area (Å²) in [4.78, 5) is 15.5. The van der Waals surface area contributed by atoms with Gasteiger partial charge in [0.2, 0.25) is 5.82 Å². The van der Waals surface area contributed by atoms with Crippen molar-refractivity contribution in [1.29, 1.82) is 0 Å². The molecule has 0 spiro atoms. The van der Waals surface area contributed by atoms with Gasteiger partial charge in [-0.3, -0.25) is 4.79 Å². The highest BCUT2D eigenvalue weighted by molar-refractivity contribution is 5.82. The van der Waals surface area contributed by atoms with E-state index in [0.29, 0.717) is 17.9 Å². The zero-order valence-corrected chi connectivity index (χ0v) is 9.48. The van der Waals surface area contributed by atoms with Crippen LogP contribution in [0.5, 0.6) is 0 Å². The molecular weight excluding hydrogens is 206 g/mol. The lowest BCUT2D eigenvalue weighted by Gasteiger charge is -1.92. The summed E-state index contributed by atoms with van der Waals surface area (Å²) in [7, 11) is 0. The molecule has 16 heavy (non-hydrogen) atoms. The number of carbonyl (C=O) groups is 1. The molecule has 0 aliphatic heterocycles. The Labute approximate surface area is 92.7 Å². The topological polar surface area (TPSA) is 76.5 Å². The molecule has 0 aliphatic rings. The van der Waals surface area contributed by atoms with E-state index in [9.17, 15) is 4.79 Å². The zero-order valence-electron chi connectivity index (χ0n) is 9.48. The molecule has 0 aliphatic carbocycles. The Morgan fingerprint density at radius 3 is 2.69 bits per heavy atom. The molecule has 2 aromatic rings. The third kappa shape index (κ3) is 1.52. The van der Waals surface area contributed by atoms with Gasteiger partial charge in [0.25, 0.3) is 0 Å². The average Bonchev–Trinajstić information content (AvgIpc) is 2.83. The smallest absolute Gasteiger partial charge is 0.221 e. The van der Waals surface area contributed by atoms with Crippen molar-refractivity contribution in [1.82, 2.24) is 25.2 Å². The van der Waals surface area contributed by atoms with E-state index in [-0.39, 0.29) is 0 Å². The predicted octanol–water partition coefficient (Wildman–Crippen LogP) is 1.12. The van der Waals surface area contributed by atoms with E-state index < -0.39 is 0 Å². The Bertz CT molecular complexity index is 525. The monoisotopic (exact) mass is 219 g/mol. The second-order valence-corrected chi connectivity index (χ2v) is 3.58. The van der Waals surface area contributed by atoms with Crippen LogP contribution in [0.3, 0.4) is 0 Å². The highest BCUT2D eigenvalue weighted by atomic mass is 16.1. The Hall–Kier alpha value is -1.98. The molecule has 0 amide bonds. The molecule has 0 aromatic carbocycles. The number of hydrogen-bond donors (Lipinski definition) is 1. The number of nitrogens with one attached hydrogen (secondary N) is 1. The SMILES string of the molecule is CCn1nnc(-c2[nH]c(C)c(C=O)c2C)n1. The van der Waals surface area contributed by atoms with Gasteiger partial charge in [-0.05, 0) is 31.5 Å². The van der Waals surface area contributed by atoms with Gasteiger partial charge in [0.1, 0.15) is 0 Å². The molecule has 0 unspecified atom stereocenters. The van der Waals surface area contributed by atoms with E-state index in [4.69, 9.17) is 0 Å². The maximum atomic E-state index is 10.9. The number of aromatic amines is 1. The van der Waals surface area contributed by atoms with Crippen LogP contribution < -0.4 is 0 Å². The van der Waals surface area contributed by atoms with Gasteiger partial charge in [-0.25, -0.2) is 0 Å². The van der Waals surface area contributed by atoms with Crippen LogP contribution in [0.2, 0.25) is 0 Å². The first kappa shape index (κ1) is 10.5. The van der Waals surface area contributed by atoms with Crippen molar-refractivity contribution in [2.24, 2.45) is 0 Å². The third-order valence-electron chi connectivity index (χ3n) is 2.57. The number of aromatic nitrogens is 5. The van der Waals surface area contributed by atoms with E-state index in [1.165, 1.54) is 4.80 Å². The Balaban J connectivity index is 2.51. The maximum Gasteiger partial charge on any atom is 0.221 e. The molecule has 0 radical (unpaired) electrons. The van der Waals surface area contributed by atoms with Gasteiger partial charge in [-0.2, -0.15) is 4.80 Å². The largest absolute Gasteiger partial charge is 0.355 e. The van der Waals surface area contributed by atoms with Gasteiger partial charge < -0.3 is 4.98 Å². The van der Waals surface area contributed by atoms with Crippen LogP contribution in [0.15, 0.2) is 0 Å². The molecule has 2 rings (SSSR count). The lowest BCUT2D eigenvalue weighted by Crippen LogP contribution is -1.98. The Kier molecular flexibility index (Phi) is 2.55. The number of nitrogens with zero attached hydrogens (tertiary/aromatic N) is 4. The molecule has 6 nitrogen and oxygen atoms in total. The molecule has 1 N–H and O–H groups in total. The van der Waals surface area contributed by atoms with Crippen LogP contribution in [-0.4, -0.2) is 31.5 Å². The quantitative estimate of drug-likeness (QED) is 0.785. The summed E-state index contributed by atoms with van der Waals surface area (Å²) in [6.45, 7) is 6.33. The molecule has 0 fully saturated rings. The molecule has 0 bridgehead atoms. The second kappa shape index (κ2) is 3.88. The van der Waals surface area contributed by atoms with Crippen LogP contribution in [0, 0.1) is 13.8 Å². The van der Waals surface area contributed by atoms with Gasteiger partial charge in [0.15, 0.2) is 6.29 Å². The molecule has 0 saturated heterocycles. The number of aldehydes is 1. The summed E-state index contributed by atoms with van der Waals surface area (Å²) < 4.78 is 0. The van der Waals surface area contributed by atoms with Crippen molar-refractivity contribution in [2.75, 3.05) is 0 Å². The fourth-order valence-corrected chi connectivity index (χ4v) is 1.64. The van der Waals surface area contributed by atoms with Crippen LogP contribution >= 0.6 is 0 Å². The molecule has 0 atom stereocenters. The minimum absolute atomic E-state index is 0.524. The van der Waals surface area contributed by atoms with E-state index in [1.54, 1.807) is 0 Å². The summed E-state index contributed by atoms with van der Waals surface area (Å²) in [5.41, 5.74) is 3.13. The minimum atomic E-state index is 0.524. The molecule has 84 valence electrons. The van der Waals surface area contributed by atoms with Crippen molar-refractivity contribution in [3.8, 4) is 11.5 Å². The van der Waals surface area contributed by atoms with Crippen molar-refractivity contribution in [3.63, 3.8) is 0 Å². The normalized spacial score (nSPS) is 10.7. The van der Waals surface area contributed by atoms with Gasteiger partial charge in [-0.1, -0.05) is 0 Å². The number of H-pyrrole nitrogens is 1. The van der Waals surface area contributed by atoms with Crippen LogP contribution in [-0.2, 0) is 6.54 Å². The Morgan fingerprint density at radius 2 is 2.19 bits per heavy atom. The minimum Gasteiger partial charge on any atom is -0.355 e. The third-order valence-corrected chi connectivity index (χ3v) is 2.57. The lowest BCUT2D eigenvalue weighted by molar-refractivity contribution is 0.112. The van der Waals surface area contributed by atoms with E-state index in [0.717, 1.165) is 23.2 Å². The number of tetrazole rings is 1. The summed E-state index contributed by atoms with van der Waals surface area (Å²) in [5.74, 6) is 0.524. The highest BCUT2D eigenvalue weighted by Crippen LogP contribution is 2.22. The molecule has 6 heteroatoms. The second-order valence-electron chi connectivity index (χ2n) is 3.58. The summed E-state index contributed by atoms with van der Waals surface area (Å²) in [5, 5.41) is 12.0. The molecular formula is C10H13N5O. The Morgan fingerprint density at radius 1 is 1.44 bits per heavy atom. The fourth-order valence-electron chi connectivity index (χ4n) is 1.64. The number of hydrogen-bond acceptors (Lipinski definition) is 4. The van der Waals surface area contributed by atoms with Crippen LogP contribution in [0.1, 0.15) is 28.5 Å². The first-order valence-electron chi connectivity index (χ1n) is 5.09. The van der Waals surface area contributed by atoms with Gasteiger partial charge in [0, 0.05) is 11.3 Å². The number of aryl methyl sites for hydroxylation is 2. The summed E-state index contributed by atoms with van der Waals surface area (Å²) in [6, 6.07) is 0. The van der Waals surface area contributed by atoms with Crippen molar-refractivity contribution in [2.45, 2.75) is 27.3 Å². The lowest BCUT2D eigenvalue weighted by atomic mass is 10.1. The van der Waals surface area contributed by atoms with E-state index in [1.807, 2.05) is 20.8 Å². The van der Waals surface area contributed by atoms with Crippen molar-refractivity contribution in [3.05, 3.63) is 16.8 Å². The summed E-state index contributed by atoms with van der Waals surface area (Å²) >= 11 is 0. The first-order valence-corrected chi connectivity index (χ1v) is 5.09. The molecule has 2 heterocycles. The van der Waals surface area contributed by atoms with Crippen LogP contribution in [0.4, 0.5) is 0 Å². The molecule has 2 aromatic heterocycles. The summed E-state index contributed by atoms with van der Waals surface area (Å²) in [6.07, 6.45) is 0.842. The average molecular weight is 219 g/mol. The number of carbonyl (C=O) groups excluding carboxylic acids is 1. The maximum absolute atomic E-state index is 10.9. The van der Waals surface area contributed by atoms with Crippen LogP contribution in [0.25, 0.3) is 11.5 Å². The highest BCUT2D eigenvalue weighted by Gasteiger charge is 2.15. The predicted molar refractivity (Wildman–Crippen MR) is 58.1 cm³/mol. The van der Waals surface area contributed by atoms with Crippen molar-refractivity contribution < 1.29 is 4.79 Å². The van der Waals surface area contributed by atoms with E-state index in [2.05, 4.69) is 20.4 Å². The van der Waals surface area contributed by atoms with Gasteiger partial charge >= 0.3 is 0 Å². The van der Waals surface area contributed by atoms with Crippen molar-refractivity contribution >= 4 is 6.29 Å². The zero-order chi connectivity index (χ0) is 11.7. The number of rotatable bonds is 3. The standard InChI is InChI=1S/C10H13N5O/c1-4-15-13-10(12-14-15)9-6(2)8(5-16)7(3)11-9/h5,11H,4H2,1-3H3. The first-order chi connectivity index (χ1) is 7.67.